The van der Waals surface area contributed by atoms with Crippen molar-refractivity contribution in [3.05, 3.63) is 108 Å². The molecule has 3 aromatic rings. The molecule has 12 nitrogen and oxygen atoms in total. The Morgan fingerprint density at radius 2 is 0.464 bits per heavy atom. The number of hydrogen-bond donors (Lipinski definition) is 0. The molecule has 0 radical (unpaired) electrons. The van der Waals surface area contributed by atoms with Crippen LogP contribution in [0, 0.1) is 0 Å². The quantitative estimate of drug-likeness (QED) is 0.0307. The molecule has 0 aliphatic heterocycles. The lowest BCUT2D eigenvalue weighted by Gasteiger charge is -2.36. The predicted octanol–water partition coefficient (Wildman–Crippen LogP) is 5.61. The van der Waals surface area contributed by atoms with Gasteiger partial charge in [0.05, 0.1) is 152 Å². The summed E-state index contributed by atoms with van der Waals surface area (Å²) in [6.45, 7) is 12.0. The molecule has 0 atom stereocenters. The number of benzene rings is 3. The summed E-state index contributed by atoms with van der Waals surface area (Å²) in [5, 5.41) is 0. The highest BCUT2D eigenvalue weighted by atomic mass is 127. The summed E-state index contributed by atoms with van der Waals surface area (Å²) in [6.07, 6.45) is 0. The Morgan fingerprint density at radius 3 is 0.679 bits per heavy atom. The fourth-order valence-electron chi connectivity index (χ4n) is 5.38. The minimum atomic E-state index is -0.752. The Hall–Kier alpha value is -2.09. The van der Waals surface area contributed by atoms with Crippen LogP contribution in [-0.4, -0.2) is 156 Å². The van der Waals surface area contributed by atoms with Gasteiger partial charge in [-0.15, -0.1) is 0 Å². The SMILES string of the molecule is ICCOCCOCCOCCOCCOCCOCCOCCOCCOCCOCCOCCOC(c1ccccc1)(c1ccccc1)c1ccccc1. The first-order chi connectivity index (χ1) is 27.9. The molecule has 0 spiro atoms. The van der Waals surface area contributed by atoms with Gasteiger partial charge >= 0.3 is 0 Å². The standard InChI is InChI=1S/C43H63IO12/c44-16-17-45-18-19-46-20-21-47-22-23-48-24-25-49-26-27-50-28-29-51-30-31-52-32-33-53-34-35-54-36-37-55-38-39-56-43(40-10-4-1-5-11-40,41-12-6-2-7-13-41)42-14-8-3-9-15-42/h1-15H,16-39H2. The van der Waals surface area contributed by atoms with Crippen molar-refractivity contribution in [1.82, 2.24) is 0 Å². The van der Waals surface area contributed by atoms with Gasteiger partial charge in [0, 0.05) is 4.43 Å². The van der Waals surface area contributed by atoms with E-state index in [-0.39, 0.29) is 0 Å². The molecular formula is C43H63IO12. The molecule has 3 aromatic carbocycles. The molecule has 314 valence electrons. The molecule has 0 amide bonds. The lowest BCUT2D eigenvalue weighted by Crippen LogP contribution is -2.34. The van der Waals surface area contributed by atoms with E-state index in [4.69, 9.17) is 56.8 Å². The van der Waals surface area contributed by atoms with Crippen molar-refractivity contribution in [2.45, 2.75) is 5.60 Å². The number of halogens is 1. The highest BCUT2D eigenvalue weighted by Gasteiger charge is 2.37. The van der Waals surface area contributed by atoms with Crippen molar-refractivity contribution < 1.29 is 56.8 Å². The van der Waals surface area contributed by atoms with Gasteiger partial charge in [0.25, 0.3) is 0 Å². The third-order valence-electron chi connectivity index (χ3n) is 8.03. The molecule has 0 N–H and O–H groups in total. The van der Waals surface area contributed by atoms with E-state index in [9.17, 15) is 0 Å². The van der Waals surface area contributed by atoms with Crippen LogP contribution in [0.1, 0.15) is 16.7 Å². The van der Waals surface area contributed by atoms with Gasteiger partial charge in [-0.1, -0.05) is 114 Å². The Labute approximate surface area is 347 Å². The summed E-state index contributed by atoms with van der Waals surface area (Å²) in [7, 11) is 0. The van der Waals surface area contributed by atoms with Gasteiger partial charge in [0.15, 0.2) is 0 Å². The van der Waals surface area contributed by atoms with Gasteiger partial charge in [0.1, 0.15) is 5.60 Å². The Morgan fingerprint density at radius 1 is 0.268 bits per heavy atom. The highest BCUT2D eigenvalue weighted by molar-refractivity contribution is 14.1. The smallest absolute Gasteiger partial charge is 0.143 e. The molecule has 0 fully saturated rings. The summed E-state index contributed by atoms with van der Waals surface area (Å²) in [5.41, 5.74) is 2.45. The zero-order chi connectivity index (χ0) is 39.3. The molecule has 0 unspecified atom stereocenters. The lowest BCUT2D eigenvalue weighted by molar-refractivity contribution is -0.0399. The molecular weight excluding hydrogens is 835 g/mol. The third kappa shape index (κ3) is 22.2. The molecule has 0 bridgehead atoms. The Bertz CT molecular complexity index is 1160. The summed E-state index contributed by atoms with van der Waals surface area (Å²) in [5.74, 6) is 0. The van der Waals surface area contributed by atoms with E-state index in [0.717, 1.165) is 27.7 Å². The number of ether oxygens (including phenoxy) is 12. The van der Waals surface area contributed by atoms with Gasteiger partial charge < -0.3 is 56.8 Å². The molecule has 3 rings (SSSR count). The maximum Gasteiger partial charge on any atom is 0.143 e. The van der Waals surface area contributed by atoms with Crippen LogP contribution in [0.15, 0.2) is 91.0 Å². The lowest BCUT2D eigenvalue weighted by atomic mass is 9.80. The van der Waals surface area contributed by atoms with Gasteiger partial charge in [0.2, 0.25) is 0 Å². The Kier molecular flexibility index (Phi) is 30.1. The van der Waals surface area contributed by atoms with E-state index in [0.29, 0.717) is 145 Å². The zero-order valence-corrected chi connectivity index (χ0v) is 35.1. The van der Waals surface area contributed by atoms with E-state index < -0.39 is 5.60 Å². The average molecular weight is 899 g/mol. The van der Waals surface area contributed by atoms with Crippen molar-refractivity contribution >= 4 is 22.6 Å². The second-order valence-corrected chi connectivity index (χ2v) is 13.1. The van der Waals surface area contributed by atoms with Crippen LogP contribution < -0.4 is 0 Å². The van der Waals surface area contributed by atoms with E-state index in [1.807, 2.05) is 54.6 Å². The van der Waals surface area contributed by atoms with E-state index in [1.165, 1.54) is 0 Å². The van der Waals surface area contributed by atoms with Crippen LogP contribution >= 0.6 is 22.6 Å². The van der Waals surface area contributed by atoms with Crippen LogP contribution in [0.3, 0.4) is 0 Å². The van der Waals surface area contributed by atoms with Crippen molar-refractivity contribution in [3.8, 4) is 0 Å². The molecule has 0 saturated heterocycles. The second kappa shape index (κ2) is 34.9. The molecule has 13 heteroatoms. The summed E-state index contributed by atoms with van der Waals surface area (Å²) >= 11 is 2.28. The summed E-state index contributed by atoms with van der Waals surface area (Å²) < 4.78 is 68.6. The summed E-state index contributed by atoms with van der Waals surface area (Å²) in [6, 6.07) is 31.0. The first-order valence-electron chi connectivity index (χ1n) is 19.6. The molecule has 0 aliphatic carbocycles. The van der Waals surface area contributed by atoms with Crippen LogP contribution in [0.25, 0.3) is 0 Å². The number of rotatable bonds is 39. The highest BCUT2D eigenvalue weighted by Crippen LogP contribution is 2.40. The van der Waals surface area contributed by atoms with Crippen molar-refractivity contribution in [2.24, 2.45) is 0 Å². The monoisotopic (exact) mass is 898 g/mol. The minimum Gasteiger partial charge on any atom is -0.378 e. The zero-order valence-electron chi connectivity index (χ0n) is 32.9. The van der Waals surface area contributed by atoms with E-state index in [1.54, 1.807) is 0 Å². The van der Waals surface area contributed by atoms with Gasteiger partial charge in [-0.25, -0.2) is 0 Å². The van der Waals surface area contributed by atoms with Gasteiger partial charge in [-0.05, 0) is 16.7 Å². The van der Waals surface area contributed by atoms with Crippen molar-refractivity contribution in [3.63, 3.8) is 0 Å². The second-order valence-electron chi connectivity index (χ2n) is 12.1. The molecule has 56 heavy (non-hydrogen) atoms. The normalized spacial score (nSPS) is 11.7. The average Bonchev–Trinajstić information content (AvgIpc) is 3.24. The molecule has 0 aliphatic rings. The fourth-order valence-corrected chi connectivity index (χ4v) is 5.69. The van der Waals surface area contributed by atoms with Crippen LogP contribution in [0.2, 0.25) is 0 Å². The first-order valence-corrected chi connectivity index (χ1v) is 21.1. The van der Waals surface area contributed by atoms with E-state index >= 15 is 0 Å². The maximum atomic E-state index is 6.73. The summed E-state index contributed by atoms with van der Waals surface area (Å²) in [4.78, 5) is 0. The van der Waals surface area contributed by atoms with Gasteiger partial charge in [-0.2, -0.15) is 0 Å². The first kappa shape index (κ1) is 48.3. The largest absolute Gasteiger partial charge is 0.378 e. The van der Waals surface area contributed by atoms with Crippen LogP contribution in [-0.2, 0) is 62.4 Å². The van der Waals surface area contributed by atoms with Crippen LogP contribution in [0.4, 0.5) is 0 Å². The molecule has 0 saturated carbocycles. The topological polar surface area (TPSA) is 111 Å². The fraction of sp³-hybridized carbons (Fsp3) is 0.581. The Balaban J connectivity index is 1.04. The molecule has 0 heterocycles. The number of alkyl halides is 1. The number of hydrogen-bond acceptors (Lipinski definition) is 12. The third-order valence-corrected chi connectivity index (χ3v) is 8.47. The van der Waals surface area contributed by atoms with Crippen molar-refractivity contribution in [2.75, 3.05) is 156 Å². The predicted molar refractivity (Wildman–Crippen MR) is 223 cm³/mol. The minimum absolute atomic E-state index is 0.416. The van der Waals surface area contributed by atoms with E-state index in [2.05, 4.69) is 59.0 Å². The van der Waals surface area contributed by atoms with Crippen molar-refractivity contribution in [1.29, 1.82) is 0 Å². The molecule has 0 aromatic heterocycles. The van der Waals surface area contributed by atoms with Gasteiger partial charge in [-0.3, -0.25) is 0 Å². The maximum absolute atomic E-state index is 6.73. The van der Waals surface area contributed by atoms with Crippen LogP contribution in [0.5, 0.6) is 0 Å².